The van der Waals surface area contributed by atoms with Crippen LogP contribution in [0, 0.1) is 0 Å². The van der Waals surface area contributed by atoms with Crippen molar-refractivity contribution < 1.29 is 98.1 Å². The first-order valence-electron chi connectivity index (χ1n) is 3.40. The van der Waals surface area contributed by atoms with Gasteiger partial charge in [0, 0.05) is 98.1 Å². The summed E-state index contributed by atoms with van der Waals surface area (Å²) in [6.45, 7) is 5.39. The second-order valence-corrected chi connectivity index (χ2v) is 2.01. The van der Waals surface area contributed by atoms with E-state index in [1.54, 1.807) is 0 Å². The first-order chi connectivity index (χ1) is 4.50. The molecule has 6 heteroatoms. The van der Waals surface area contributed by atoms with Crippen LogP contribution >= 0.6 is 0 Å². The van der Waals surface area contributed by atoms with Gasteiger partial charge in [0.15, 0.2) is 0 Å². The number of hydrogen-bond donors (Lipinski definition) is 0. The Balaban J connectivity index is -0.000000270. The van der Waals surface area contributed by atoms with Gasteiger partial charge in [-0.25, -0.2) is 0 Å². The zero-order chi connectivity index (χ0) is 6.36. The van der Waals surface area contributed by atoms with Gasteiger partial charge in [-0.05, 0) is 0 Å². The molecular weight excluding hydrogens is 381 g/mol. The van der Waals surface area contributed by atoms with Crippen molar-refractivity contribution in [3.8, 4) is 0 Å². The molecular formula is C6H12N3Y3-3. The van der Waals surface area contributed by atoms with Crippen LogP contribution in [0.15, 0.2) is 0 Å². The molecule has 1 saturated heterocycles. The summed E-state index contributed by atoms with van der Waals surface area (Å²) >= 11 is 0. The smallest absolute Gasteiger partial charge is 0 e. The number of hydrogen-bond acceptors (Lipinski definition) is 0. The molecule has 0 unspecified atom stereocenters. The topological polar surface area (TPSA) is 42.3 Å². The maximum Gasteiger partial charge on any atom is 0 e. The van der Waals surface area contributed by atoms with Gasteiger partial charge in [0.2, 0.25) is 0 Å². The predicted molar refractivity (Wildman–Crippen MR) is 39.3 cm³/mol. The molecule has 0 atom stereocenters. The monoisotopic (exact) mass is 393 g/mol. The normalized spacial score (nSPS) is 18.0. The minimum atomic E-state index is 0. The SMILES string of the molecule is C1C[N-]CC[N-]CC[N-]1.[Y].[Y].[Y]. The standard InChI is InChI=1S/C6H12N3.3Y/c1-2-8-5-6-9-4-3-7-1;;;/h1-6H2;;;/q-3;;;. The van der Waals surface area contributed by atoms with Crippen LogP contribution in [0.25, 0.3) is 16.0 Å². The molecule has 0 aromatic heterocycles. The van der Waals surface area contributed by atoms with E-state index in [-0.39, 0.29) is 98.1 Å². The van der Waals surface area contributed by atoms with Gasteiger partial charge in [-0.3, -0.25) is 0 Å². The van der Waals surface area contributed by atoms with Crippen molar-refractivity contribution >= 4 is 0 Å². The summed E-state index contributed by atoms with van der Waals surface area (Å²) in [6.07, 6.45) is 0. The minimum absolute atomic E-state index is 0. The molecule has 1 rings (SSSR count). The molecule has 1 fully saturated rings. The van der Waals surface area contributed by atoms with Gasteiger partial charge in [-0.15, -0.1) is 0 Å². The van der Waals surface area contributed by atoms with E-state index < -0.39 is 0 Å². The first kappa shape index (κ1) is 20.6. The van der Waals surface area contributed by atoms with E-state index in [2.05, 4.69) is 16.0 Å². The molecule has 3 nitrogen and oxygen atoms in total. The third-order valence-electron chi connectivity index (χ3n) is 1.25. The van der Waals surface area contributed by atoms with E-state index in [1.165, 1.54) is 0 Å². The van der Waals surface area contributed by atoms with Crippen LogP contribution in [-0.2, 0) is 98.1 Å². The molecule has 1 aliphatic rings. The van der Waals surface area contributed by atoms with Gasteiger partial charge in [0.1, 0.15) is 0 Å². The average Bonchev–Trinajstić information content (AvgIpc) is 2.00. The van der Waals surface area contributed by atoms with Crippen LogP contribution < -0.4 is 0 Å². The quantitative estimate of drug-likeness (QED) is 0.593. The van der Waals surface area contributed by atoms with Gasteiger partial charge in [0.05, 0.1) is 0 Å². The molecule has 0 spiro atoms. The van der Waals surface area contributed by atoms with Crippen LogP contribution in [0.3, 0.4) is 0 Å². The van der Waals surface area contributed by atoms with Crippen LogP contribution in [-0.4, -0.2) is 39.3 Å². The van der Waals surface area contributed by atoms with Crippen molar-refractivity contribution in [3.05, 3.63) is 16.0 Å². The zero-order valence-electron chi connectivity index (χ0n) is 7.32. The summed E-state index contributed by atoms with van der Waals surface area (Å²) in [5.41, 5.74) is 0. The van der Waals surface area contributed by atoms with Gasteiger partial charge < -0.3 is 16.0 Å². The second kappa shape index (κ2) is 16.6. The van der Waals surface area contributed by atoms with Crippen molar-refractivity contribution in [2.24, 2.45) is 0 Å². The first-order valence-corrected chi connectivity index (χ1v) is 3.40. The van der Waals surface area contributed by atoms with Crippen molar-refractivity contribution in [2.75, 3.05) is 39.3 Å². The average molecular weight is 393 g/mol. The van der Waals surface area contributed by atoms with Gasteiger partial charge >= 0.3 is 0 Å². The molecule has 0 amide bonds. The van der Waals surface area contributed by atoms with Crippen LogP contribution in [0.2, 0.25) is 0 Å². The van der Waals surface area contributed by atoms with Crippen molar-refractivity contribution in [1.82, 2.24) is 0 Å². The van der Waals surface area contributed by atoms with Crippen LogP contribution in [0.4, 0.5) is 0 Å². The Morgan fingerprint density at radius 3 is 0.750 bits per heavy atom. The fourth-order valence-electron chi connectivity index (χ4n) is 0.760. The van der Waals surface area contributed by atoms with E-state index in [0.717, 1.165) is 39.3 Å². The third kappa shape index (κ3) is 13.2. The Bertz CT molecular complexity index is 46.5. The summed E-state index contributed by atoms with van der Waals surface area (Å²) in [5, 5.41) is 12.6. The predicted octanol–water partition coefficient (Wildman–Crippen LogP) is 1.11. The maximum atomic E-state index is 4.20. The molecule has 0 aromatic carbocycles. The molecule has 1 heterocycles. The second-order valence-electron chi connectivity index (χ2n) is 2.01. The molecule has 63 valence electrons. The van der Waals surface area contributed by atoms with Crippen molar-refractivity contribution in [3.63, 3.8) is 0 Å². The number of rotatable bonds is 0. The zero-order valence-corrected chi connectivity index (χ0v) is 15.8. The molecule has 0 bridgehead atoms. The van der Waals surface area contributed by atoms with Gasteiger partial charge in [-0.1, -0.05) is 0 Å². The van der Waals surface area contributed by atoms with E-state index >= 15 is 0 Å². The summed E-state index contributed by atoms with van der Waals surface area (Å²) in [5.74, 6) is 0. The van der Waals surface area contributed by atoms with E-state index in [4.69, 9.17) is 0 Å². The summed E-state index contributed by atoms with van der Waals surface area (Å²) in [7, 11) is 0. The molecule has 1 aliphatic heterocycles. The number of nitrogens with zero attached hydrogens (tertiary/aromatic N) is 3. The van der Waals surface area contributed by atoms with Crippen LogP contribution in [0.5, 0.6) is 0 Å². The van der Waals surface area contributed by atoms with E-state index in [0.29, 0.717) is 0 Å². The molecule has 3 radical (unpaired) electrons. The fourth-order valence-corrected chi connectivity index (χ4v) is 0.760. The molecule has 12 heavy (non-hydrogen) atoms. The van der Waals surface area contributed by atoms with Crippen LogP contribution in [0.1, 0.15) is 0 Å². The largest absolute Gasteiger partial charge is 0.665 e. The van der Waals surface area contributed by atoms with Gasteiger partial charge in [0.25, 0.3) is 0 Å². The van der Waals surface area contributed by atoms with E-state index in [1.807, 2.05) is 0 Å². The Hall–Kier alpha value is 3.19. The molecule has 0 N–H and O–H groups in total. The maximum absolute atomic E-state index is 4.20. The van der Waals surface area contributed by atoms with E-state index in [9.17, 15) is 0 Å². The molecule has 0 aromatic rings. The summed E-state index contributed by atoms with van der Waals surface area (Å²) < 4.78 is 0. The molecule has 0 aliphatic carbocycles. The molecule has 0 saturated carbocycles. The van der Waals surface area contributed by atoms with Crippen molar-refractivity contribution in [2.45, 2.75) is 0 Å². The fraction of sp³-hybridized carbons (Fsp3) is 1.00. The Labute approximate surface area is 150 Å². The Kier molecular flexibility index (Phi) is 28.5. The Morgan fingerprint density at radius 1 is 0.417 bits per heavy atom. The summed E-state index contributed by atoms with van der Waals surface area (Å²) in [6, 6.07) is 0. The minimum Gasteiger partial charge on any atom is -0.665 e. The van der Waals surface area contributed by atoms with Gasteiger partial charge in [-0.2, -0.15) is 39.3 Å². The third-order valence-corrected chi connectivity index (χ3v) is 1.25. The van der Waals surface area contributed by atoms with Crippen molar-refractivity contribution in [1.29, 1.82) is 0 Å². The Morgan fingerprint density at radius 2 is 0.583 bits per heavy atom. The summed E-state index contributed by atoms with van der Waals surface area (Å²) in [4.78, 5) is 0.